The largest absolute Gasteiger partial charge is 0.370 e. The van der Waals surface area contributed by atoms with Crippen LogP contribution in [0.25, 0.3) is 11.3 Å². The second-order valence-electron chi connectivity index (χ2n) is 7.97. The van der Waals surface area contributed by atoms with Crippen molar-refractivity contribution < 1.29 is 4.74 Å². The third kappa shape index (κ3) is 7.60. The number of nitrogens with one attached hydrogen (secondary N) is 3. The van der Waals surface area contributed by atoms with Crippen LogP contribution in [0.3, 0.4) is 0 Å². The molecule has 1 aromatic heterocycles. The molecule has 1 unspecified atom stereocenters. The van der Waals surface area contributed by atoms with Gasteiger partial charge in [0, 0.05) is 34.9 Å². The van der Waals surface area contributed by atoms with Crippen molar-refractivity contribution in [3.63, 3.8) is 0 Å². The summed E-state index contributed by atoms with van der Waals surface area (Å²) in [7, 11) is 0. The van der Waals surface area contributed by atoms with Gasteiger partial charge in [0.1, 0.15) is 12.5 Å². The average Bonchev–Trinajstić information content (AvgIpc) is 2.81. The molecule has 0 saturated carbocycles. The summed E-state index contributed by atoms with van der Waals surface area (Å²) >= 11 is 6.26. The number of ether oxygens (including phenoxy) is 1. The first-order valence-corrected chi connectivity index (χ1v) is 11.6. The molecule has 3 aromatic rings. The van der Waals surface area contributed by atoms with Gasteiger partial charge in [-0.2, -0.15) is 4.98 Å². The fourth-order valence-electron chi connectivity index (χ4n) is 3.23. The molecule has 0 saturated heterocycles. The zero-order valence-electron chi connectivity index (χ0n) is 19.5. The van der Waals surface area contributed by atoms with Gasteiger partial charge in [-0.15, -0.1) is 0 Å². The molecule has 1 atom stereocenters. The van der Waals surface area contributed by atoms with Crippen LogP contribution >= 0.6 is 11.6 Å². The van der Waals surface area contributed by atoms with Gasteiger partial charge in [-0.25, -0.2) is 4.98 Å². The number of hydrogen-bond donors (Lipinski definition) is 4. The Hall–Kier alpha value is -2.87. The van der Waals surface area contributed by atoms with E-state index in [-0.39, 0.29) is 5.95 Å². The van der Waals surface area contributed by atoms with Crippen LogP contribution in [0.15, 0.2) is 48.5 Å². The molecule has 0 amide bonds. The molecule has 0 aliphatic carbocycles. The molecule has 7 nitrogen and oxygen atoms in total. The Balaban J connectivity index is 1.48. The molecule has 33 heavy (non-hydrogen) atoms. The lowest BCUT2D eigenvalue weighted by molar-refractivity contribution is 0.125. The van der Waals surface area contributed by atoms with Crippen molar-refractivity contribution in [3.8, 4) is 11.3 Å². The van der Waals surface area contributed by atoms with Crippen molar-refractivity contribution in [2.75, 3.05) is 36.4 Å². The fourth-order valence-corrected chi connectivity index (χ4v) is 3.41. The topological polar surface area (TPSA) is 97.1 Å². The van der Waals surface area contributed by atoms with Crippen LogP contribution in [0.2, 0.25) is 5.02 Å². The number of benzene rings is 2. The highest BCUT2D eigenvalue weighted by molar-refractivity contribution is 6.31. The summed E-state index contributed by atoms with van der Waals surface area (Å²) in [6, 6.07) is 16.4. The first kappa shape index (κ1) is 24.8. The quantitative estimate of drug-likeness (QED) is 0.217. The molecule has 0 spiro atoms. The first-order valence-electron chi connectivity index (χ1n) is 11.2. The van der Waals surface area contributed by atoms with E-state index in [2.05, 4.69) is 64.0 Å². The number of aromatic nitrogens is 2. The smallest absolute Gasteiger partial charge is 0.222 e. The minimum absolute atomic E-state index is 0.228. The van der Waals surface area contributed by atoms with Crippen molar-refractivity contribution in [2.24, 2.45) is 0 Å². The van der Waals surface area contributed by atoms with Gasteiger partial charge in [-0.3, -0.25) is 5.32 Å². The van der Waals surface area contributed by atoms with Crippen LogP contribution in [0.5, 0.6) is 0 Å². The monoisotopic (exact) mass is 468 g/mol. The highest BCUT2D eigenvalue weighted by Crippen LogP contribution is 2.28. The van der Waals surface area contributed by atoms with Gasteiger partial charge in [0.05, 0.1) is 12.4 Å². The summed E-state index contributed by atoms with van der Waals surface area (Å²) in [4.78, 5) is 8.69. The molecule has 2 aromatic carbocycles. The van der Waals surface area contributed by atoms with Gasteiger partial charge in [0.15, 0.2) is 0 Å². The number of hydrogen-bond acceptors (Lipinski definition) is 7. The van der Waals surface area contributed by atoms with Crippen LogP contribution in [0.1, 0.15) is 31.4 Å². The van der Waals surface area contributed by atoms with Crippen LogP contribution in [-0.2, 0) is 11.2 Å². The van der Waals surface area contributed by atoms with E-state index in [1.165, 1.54) is 5.56 Å². The summed E-state index contributed by atoms with van der Waals surface area (Å²) < 4.78 is 5.56. The lowest BCUT2D eigenvalue weighted by Gasteiger charge is -2.13. The Labute approximate surface area is 201 Å². The maximum absolute atomic E-state index is 6.26. The Kier molecular flexibility index (Phi) is 9.30. The maximum Gasteiger partial charge on any atom is 0.222 e. The molecule has 0 aliphatic heterocycles. The van der Waals surface area contributed by atoms with Gasteiger partial charge >= 0.3 is 0 Å². The summed E-state index contributed by atoms with van der Waals surface area (Å²) in [5.74, 6) is 0.921. The molecule has 0 aliphatic rings. The Bertz CT molecular complexity index is 1030. The van der Waals surface area contributed by atoms with Crippen molar-refractivity contribution in [1.82, 2.24) is 15.3 Å². The molecular formula is C25H33ClN6O. The summed E-state index contributed by atoms with van der Waals surface area (Å²) in [5, 5.41) is 10.6. The van der Waals surface area contributed by atoms with Crippen LogP contribution in [0, 0.1) is 6.92 Å². The predicted molar refractivity (Wildman–Crippen MR) is 138 cm³/mol. The molecule has 8 heteroatoms. The maximum atomic E-state index is 6.26. The number of anilines is 3. The molecule has 176 valence electrons. The number of nitrogens with two attached hydrogens (primary N) is 1. The standard InChI is InChI=1S/C25H33ClN6O/c1-4-17(2)29-15-33-16-30-20-10-8-19(9-11-20)12-13-28-24-14-23(31-25(27)32-24)21-6-5-7-22(26)18(21)3/h5-11,14,17,29-30H,4,12-13,15-16H2,1-3H3,(H3,27,28,31,32). The Morgan fingerprint density at radius 1 is 1.06 bits per heavy atom. The number of halogens is 1. The van der Waals surface area contributed by atoms with Gasteiger partial charge in [-0.05, 0) is 56.0 Å². The molecular weight excluding hydrogens is 436 g/mol. The van der Waals surface area contributed by atoms with Gasteiger partial charge < -0.3 is 21.1 Å². The van der Waals surface area contributed by atoms with Gasteiger partial charge in [0.25, 0.3) is 0 Å². The van der Waals surface area contributed by atoms with E-state index in [9.17, 15) is 0 Å². The first-order chi connectivity index (χ1) is 16.0. The van der Waals surface area contributed by atoms with Gasteiger partial charge in [0.2, 0.25) is 5.95 Å². The fraction of sp³-hybridized carbons (Fsp3) is 0.360. The summed E-state index contributed by atoms with van der Waals surface area (Å²) in [6.45, 7) is 7.99. The van der Waals surface area contributed by atoms with E-state index in [1.54, 1.807) is 0 Å². The van der Waals surface area contributed by atoms with Crippen molar-refractivity contribution in [2.45, 2.75) is 39.7 Å². The molecule has 3 rings (SSSR count). The molecule has 1 heterocycles. The SMILES string of the molecule is CCC(C)NCOCNc1ccc(CCNc2cc(-c3cccc(Cl)c3C)nc(N)n2)cc1. The van der Waals surface area contributed by atoms with Crippen molar-refractivity contribution >= 4 is 29.1 Å². The van der Waals surface area contributed by atoms with E-state index in [4.69, 9.17) is 22.1 Å². The zero-order chi connectivity index (χ0) is 23.6. The van der Waals surface area contributed by atoms with Crippen LogP contribution in [0.4, 0.5) is 17.5 Å². The minimum Gasteiger partial charge on any atom is -0.370 e. The highest BCUT2D eigenvalue weighted by Gasteiger charge is 2.09. The lowest BCUT2D eigenvalue weighted by atomic mass is 10.1. The van der Waals surface area contributed by atoms with Gasteiger partial charge in [-0.1, -0.05) is 42.8 Å². The average molecular weight is 469 g/mol. The molecule has 0 fully saturated rings. The molecule has 0 radical (unpaired) electrons. The highest BCUT2D eigenvalue weighted by atomic mass is 35.5. The predicted octanol–water partition coefficient (Wildman–Crippen LogP) is 5.07. The van der Waals surface area contributed by atoms with Crippen molar-refractivity contribution in [3.05, 3.63) is 64.7 Å². The second-order valence-corrected chi connectivity index (χ2v) is 8.37. The molecule has 0 bridgehead atoms. The van der Waals surface area contributed by atoms with E-state index in [1.807, 2.05) is 31.2 Å². The number of nitrogens with zero attached hydrogens (tertiary/aromatic N) is 2. The molecule has 5 N–H and O–H groups in total. The normalized spacial score (nSPS) is 11.9. The number of rotatable bonds is 12. The Morgan fingerprint density at radius 3 is 2.61 bits per heavy atom. The van der Waals surface area contributed by atoms with Crippen LogP contribution < -0.4 is 21.7 Å². The minimum atomic E-state index is 0.228. The van der Waals surface area contributed by atoms with Crippen LogP contribution in [-0.4, -0.2) is 36.0 Å². The second kappa shape index (κ2) is 12.4. The third-order valence-electron chi connectivity index (χ3n) is 5.49. The zero-order valence-corrected chi connectivity index (χ0v) is 20.2. The van der Waals surface area contributed by atoms with Crippen molar-refractivity contribution in [1.29, 1.82) is 0 Å². The van der Waals surface area contributed by atoms with E-state index < -0.39 is 0 Å². The third-order valence-corrected chi connectivity index (χ3v) is 5.89. The number of nitrogen functional groups attached to an aromatic ring is 1. The summed E-state index contributed by atoms with van der Waals surface area (Å²) in [5.41, 5.74) is 10.9. The Morgan fingerprint density at radius 2 is 1.85 bits per heavy atom. The van der Waals surface area contributed by atoms with E-state index in [0.29, 0.717) is 30.3 Å². The van der Waals surface area contributed by atoms with E-state index in [0.717, 1.165) is 41.9 Å². The lowest BCUT2D eigenvalue weighted by Crippen LogP contribution is -2.28. The summed E-state index contributed by atoms with van der Waals surface area (Å²) in [6.07, 6.45) is 1.94. The van der Waals surface area contributed by atoms with E-state index >= 15 is 0 Å².